The Morgan fingerprint density at radius 2 is 2.25 bits per heavy atom. The van der Waals surface area contributed by atoms with Gasteiger partial charge in [0.05, 0.1) is 0 Å². The molecular weight excluding hydrogens is 206 g/mol. The molecule has 4 heteroatoms. The summed E-state index contributed by atoms with van der Waals surface area (Å²) >= 11 is 0. The Kier molecular flexibility index (Phi) is 2.92. The highest BCUT2D eigenvalue weighted by atomic mass is 16.5. The molecule has 0 saturated heterocycles. The molecule has 2 aromatic rings. The summed E-state index contributed by atoms with van der Waals surface area (Å²) < 4.78 is 10.8. The molecule has 4 nitrogen and oxygen atoms in total. The maximum absolute atomic E-state index is 11.1. The molecule has 0 aliphatic heterocycles. The first-order valence-electron chi connectivity index (χ1n) is 5.02. The molecule has 0 saturated carbocycles. The van der Waals surface area contributed by atoms with Crippen molar-refractivity contribution in [2.45, 2.75) is 6.92 Å². The number of fused-ring (bicyclic) bond motifs is 1. The van der Waals surface area contributed by atoms with Crippen molar-refractivity contribution in [1.29, 1.82) is 0 Å². The second-order valence-corrected chi connectivity index (χ2v) is 3.51. The van der Waals surface area contributed by atoms with E-state index >= 15 is 0 Å². The molecule has 1 aromatic heterocycles. The van der Waals surface area contributed by atoms with E-state index in [1.165, 1.54) is 6.92 Å². The first kappa shape index (κ1) is 10.7. The van der Waals surface area contributed by atoms with Crippen LogP contribution in [0.1, 0.15) is 17.5 Å². The second-order valence-electron chi connectivity index (χ2n) is 3.51. The summed E-state index contributed by atoms with van der Waals surface area (Å²) in [6.07, 6.45) is 0. The van der Waals surface area contributed by atoms with E-state index in [1.54, 1.807) is 12.1 Å². The molecule has 16 heavy (non-hydrogen) atoms. The zero-order chi connectivity index (χ0) is 11.5. The largest absolute Gasteiger partial charge is 0.478 e. The normalized spacial score (nSPS) is 10.6. The number of nitrogens with one attached hydrogen (secondary N) is 1. The van der Waals surface area contributed by atoms with Gasteiger partial charge in [0.25, 0.3) is 0 Å². The molecular formula is C12H13NO3. The van der Waals surface area contributed by atoms with Gasteiger partial charge in [0.15, 0.2) is 11.5 Å². The van der Waals surface area contributed by atoms with Crippen LogP contribution in [0.5, 0.6) is 5.75 Å². The average molecular weight is 219 g/mol. The standard InChI is InChI=1S/C12H13NO3/c1-8(14)12-6-9-5-10(15-7-13-2)3-4-11(9)16-12/h3-6,13H,7H2,1-2H3. The number of rotatable bonds is 4. The van der Waals surface area contributed by atoms with Gasteiger partial charge in [-0.2, -0.15) is 0 Å². The lowest BCUT2D eigenvalue weighted by molar-refractivity contribution is 0.0989. The first-order chi connectivity index (χ1) is 7.70. The van der Waals surface area contributed by atoms with Crippen molar-refractivity contribution in [2.24, 2.45) is 0 Å². The summed E-state index contributed by atoms with van der Waals surface area (Å²) in [5.74, 6) is 1.05. The molecule has 0 bridgehead atoms. The molecule has 0 radical (unpaired) electrons. The molecule has 0 aliphatic carbocycles. The highest BCUT2D eigenvalue weighted by Crippen LogP contribution is 2.24. The minimum Gasteiger partial charge on any atom is -0.478 e. The molecule has 0 atom stereocenters. The van der Waals surface area contributed by atoms with Gasteiger partial charge in [-0.1, -0.05) is 0 Å². The van der Waals surface area contributed by atoms with Gasteiger partial charge in [-0.25, -0.2) is 0 Å². The summed E-state index contributed by atoms with van der Waals surface area (Å²) in [6.45, 7) is 1.93. The maximum atomic E-state index is 11.1. The van der Waals surface area contributed by atoms with E-state index in [0.717, 1.165) is 11.1 Å². The van der Waals surface area contributed by atoms with Crippen molar-refractivity contribution < 1.29 is 13.9 Å². The van der Waals surface area contributed by atoms with Crippen molar-refractivity contribution in [3.05, 3.63) is 30.0 Å². The van der Waals surface area contributed by atoms with Gasteiger partial charge in [-0.3, -0.25) is 10.1 Å². The lowest BCUT2D eigenvalue weighted by atomic mass is 10.2. The van der Waals surface area contributed by atoms with Crippen molar-refractivity contribution in [3.63, 3.8) is 0 Å². The first-order valence-corrected chi connectivity index (χ1v) is 5.02. The molecule has 0 amide bonds. The minimum absolute atomic E-state index is 0.0751. The molecule has 0 spiro atoms. The zero-order valence-electron chi connectivity index (χ0n) is 9.24. The van der Waals surface area contributed by atoms with Crippen LogP contribution in [0.3, 0.4) is 0 Å². The second kappa shape index (κ2) is 4.37. The Morgan fingerprint density at radius 3 is 2.94 bits per heavy atom. The van der Waals surface area contributed by atoms with Crippen molar-refractivity contribution in [1.82, 2.24) is 5.32 Å². The fourth-order valence-corrected chi connectivity index (χ4v) is 1.44. The molecule has 0 unspecified atom stereocenters. The van der Waals surface area contributed by atoms with Crippen molar-refractivity contribution in [2.75, 3.05) is 13.8 Å². The molecule has 1 aromatic carbocycles. The predicted octanol–water partition coefficient (Wildman–Crippen LogP) is 2.19. The molecule has 0 aliphatic rings. The quantitative estimate of drug-likeness (QED) is 0.632. The molecule has 0 fully saturated rings. The predicted molar refractivity (Wildman–Crippen MR) is 60.8 cm³/mol. The number of Topliss-reactive ketones (excluding diaryl/α,β-unsaturated/α-hetero) is 1. The number of hydrogen-bond acceptors (Lipinski definition) is 4. The van der Waals surface area contributed by atoms with Gasteiger partial charge in [-0.05, 0) is 31.3 Å². The number of ether oxygens (including phenoxy) is 1. The molecule has 1 heterocycles. The van der Waals surface area contributed by atoms with E-state index in [1.807, 2.05) is 19.2 Å². The Bertz CT molecular complexity index is 516. The third-order valence-corrected chi connectivity index (χ3v) is 2.22. The van der Waals surface area contributed by atoms with Crippen molar-refractivity contribution >= 4 is 16.8 Å². The van der Waals surface area contributed by atoms with Gasteiger partial charge < -0.3 is 9.15 Å². The van der Waals surface area contributed by atoms with Gasteiger partial charge >= 0.3 is 0 Å². The van der Waals surface area contributed by atoms with Crippen LogP contribution in [0, 0.1) is 0 Å². The number of carbonyl (C=O) groups is 1. The molecule has 84 valence electrons. The van der Waals surface area contributed by atoms with E-state index in [9.17, 15) is 4.79 Å². The smallest absolute Gasteiger partial charge is 0.194 e. The Morgan fingerprint density at radius 1 is 1.44 bits per heavy atom. The van der Waals surface area contributed by atoms with E-state index < -0.39 is 0 Å². The van der Waals surface area contributed by atoms with Gasteiger partial charge in [0.2, 0.25) is 0 Å². The van der Waals surface area contributed by atoms with Crippen LogP contribution in [0.2, 0.25) is 0 Å². The number of furan rings is 1. The maximum Gasteiger partial charge on any atom is 0.194 e. The van der Waals surface area contributed by atoms with E-state index in [0.29, 0.717) is 18.1 Å². The van der Waals surface area contributed by atoms with Crippen LogP contribution in [0.4, 0.5) is 0 Å². The van der Waals surface area contributed by atoms with E-state index in [4.69, 9.17) is 9.15 Å². The molecule has 2 rings (SSSR count). The third kappa shape index (κ3) is 2.06. The van der Waals surface area contributed by atoms with Crippen molar-refractivity contribution in [3.8, 4) is 5.75 Å². The van der Waals surface area contributed by atoms with Gasteiger partial charge in [0, 0.05) is 12.3 Å². The monoisotopic (exact) mass is 219 g/mol. The topological polar surface area (TPSA) is 51.5 Å². The van der Waals surface area contributed by atoms with Crippen LogP contribution >= 0.6 is 0 Å². The summed E-state index contributed by atoms with van der Waals surface area (Å²) in [5, 5.41) is 3.76. The lowest BCUT2D eigenvalue weighted by Gasteiger charge is -2.03. The number of ketones is 1. The van der Waals surface area contributed by atoms with Crippen LogP contribution in [-0.2, 0) is 0 Å². The summed E-state index contributed by atoms with van der Waals surface area (Å²) in [7, 11) is 1.81. The Labute approximate surface area is 93.2 Å². The van der Waals surface area contributed by atoms with E-state index in [2.05, 4.69) is 5.32 Å². The summed E-state index contributed by atoms with van der Waals surface area (Å²) in [6, 6.07) is 7.19. The number of benzene rings is 1. The average Bonchev–Trinajstić information content (AvgIpc) is 2.69. The highest BCUT2D eigenvalue weighted by molar-refractivity contribution is 5.96. The molecule has 1 N–H and O–H groups in total. The SMILES string of the molecule is CNCOc1ccc2oc(C(C)=O)cc2c1. The zero-order valence-corrected chi connectivity index (χ0v) is 9.24. The number of carbonyl (C=O) groups excluding carboxylic acids is 1. The van der Waals surface area contributed by atoms with Crippen LogP contribution in [0.25, 0.3) is 11.0 Å². The number of hydrogen-bond donors (Lipinski definition) is 1. The summed E-state index contributed by atoms with van der Waals surface area (Å²) in [5.41, 5.74) is 0.696. The van der Waals surface area contributed by atoms with E-state index in [-0.39, 0.29) is 5.78 Å². The lowest BCUT2D eigenvalue weighted by Crippen LogP contribution is -2.13. The van der Waals surface area contributed by atoms with Gasteiger partial charge in [-0.15, -0.1) is 0 Å². The van der Waals surface area contributed by atoms with Crippen LogP contribution in [0.15, 0.2) is 28.7 Å². The fourth-order valence-electron chi connectivity index (χ4n) is 1.44. The fraction of sp³-hybridized carbons (Fsp3) is 0.250. The highest BCUT2D eigenvalue weighted by Gasteiger charge is 2.08. The summed E-state index contributed by atoms with van der Waals surface area (Å²) in [4.78, 5) is 11.1. The Balaban J connectivity index is 2.34. The third-order valence-electron chi connectivity index (χ3n) is 2.22. The van der Waals surface area contributed by atoms with Crippen LogP contribution < -0.4 is 10.1 Å². The van der Waals surface area contributed by atoms with Crippen LogP contribution in [-0.4, -0.2) is 19.6 Å². The van der Waals surface area contributed by atoms with Gasteiger partial charge in [0.1, 0.15) is 18.1 Å². The minimum atomic E-state index is -0.0751. The Hall–Kier alpha value is -1.81.